The average Bonchev–Trinajstić information content (AvgIpc) is 3.00. The molecule has 5 aromatic carbocycles. The zero-order valence-electron chi connectivity index (χ0n) is 20.7. The van der Waals surface area contributed by atoms with Crippen LogP contribution in [0.15, 0.2) is 158 Å². The quantitative estimate of drug-likeness (QED) is 0.236. The fourth-order valence-electron chi connectivity index (χ4n) is 5.07. The first kappa shape index (κ1) is 22.8. The lowest BCUT2D eigenvalue weighted by Gasteiger charge is -2.33. The van der Waals surface area contributed by atoms with Crippen molar-refractivity contribution in [2.75, 3.05) is 4.90 Å². The Balaban J connectivity index is 1.33. The molecule has 0 saturated heterocycles. The Labute approximate surface area is 219 Å². The van der Waals surface area contributed by atoms with Gasteiger partial charge in [-0.15, -0.1) is 0 Å². The smallest absolute Gasteiger partial charge is 0.0560 e. The Morgan fingerprint density at radius 2 is 0.838 bits per heavy atom. The van der Waals surface area contributed by atoms with Gasteiger partial charge in [-0.2, -0.15) is 0 Å². The zero-order valence-corrected chi connectivity index (χ0v) is 20.7. The maximum Gasteiger partial charge on any atom is 0.0560 e. The first-order chi connectivity index (χ1) is 18.3. The molecule has 0 heterocycles. The number of hydrogen-bond acceptors (Lipinski definition) is 1. The van der Waals surface area contributed by atoms with Crippen molar-refractivity contribution in [1.29, 1.82) is 0 Å². The second-order valence-corrected chi connectivity index (χ2v) is 9.38. The van der Waals surface area contributed by atoms with E-state index in [1.807, 2.05) is 0 Å². The van der Waals surface area contributed by atoms with Crippen molar-refractivity contribution in [2.45, 2.75) is 12.5 Å². The molecule has 6 rings (SSSR count). The van der Waals surface area contributed by atoms with E-state index in [9.17, 15) is 0 Å². The summed E-state index contributed by atoms with van der Waals surface area (Å²) in [6.45, 7) is 0. The lowest BCUT2D eigenvalue weighted by atomic mass is 9.95. The van der Waals surface area contributed by atoms with Gasteiger partial charge in [0.05, 0.1) is 6.04 Å². The van der Waals surface area contributed by atoms with Crippen LogP contribution in [-0.4, -0.2) is 6.04 Å². The highest BCUT2D eigenvalue weighted by Crippen LogP contribution is 2.35. The maximum atomic E-state index is 2.46. The molecule has 0 spiro atoms. The van der Waals surface area contributed by atoms with Gasteiger partial charge in [-0.05, 0) is 64.1 Å². The molecule has 5 aromatic rings. The summed E-state index contributed by atoms with van der Waals surface area (Å²) in [5.41, 5.74) is 9.88. The van der Waals surface area contributed by atoms with Gasteiger partial charge in [0.1, 0.15) is 0 Å². The summed E-state index contributed by atoms with van der Waals surface area (Å²) < 4.78 is 0. The van der Waals surface area contributed by atoms with E-state index in [1.54, 1.807) is 0 Å². The van der Waals surface area contributed by atoms with E-state index in [0.717, 1.165) is 6.42 Å². The molecule has 0 bridgehead atoms. The first-order valence-corrected chi connectivity index (χ1v) is 12.9. The minimum atomic E-state index is 0.234. The van der Waals surface area contributed by atoms with Crippen molar-refractivity contribution < 1.29 is 0 Å². The average molecular weight is 476 g/mol. The highest BCUT2D eigenvalue weighted by molar-refractivity contribution is 5.78. The third kappa shape index (κ3) is 5.03. The van der Waals surface area contributed by atoms with Crippen LogP contribution < -0.4 is 4.90 Å². The highest BCUT2D eigenvalue weighted by atomic mass is 15.2. The molecule has 1 aliphatic carbocycles. The third-order valence-electron chi connectivity index (χ3n) is 7.02. The van der Waals surface area contributed by atoms with Gasteiger partial charge >= 0.3 is 0 Å². The maximum absolute atomic E-state index is 2.46. The van der Waals surface area contributed by atoms with Crippen molar-refractivity contribution in [3.05, 3.63) is 163 Å². The minimum absolute atomic E-state index is 0.234. The molecule has 0 aliphatic heterocycles. The highest BCUT2D eigenvalue weighted by Gasteiger charge is 2.21. The molecule has 0 N–H and O–H groups in total. The Morgan fingerprint density at radius 3 is 1.24 bits per heavy atom. The summed E-state index contributed by atoms with van der Waals surface area (Å²) in [6.07, 6.45) is 7.93. The number of hydrogen-bond donors (Lipinski definition) is 0. The topological polar surface area (TPSA) is 3.24 Å². The van der Waals surface area contributed by atoms with Gasteiger partial charge < -0.3 is 4.90 Å². The molecule has 0 fully saturated rings. The van der Waals surface area contributed by atoms with E-state index in [2.05, 4.69) is 163 Å². The fraction of sp³-hybridized carbons (Fsp3) is 0.0556. The molecule has 0 aromatic heterocycles. The Hall–Kier alpha value is -4.62. The van der Waals surface area contributed by atoms with Crippen LogP contribution in [0.5, 0.6) is 0 Å². The van der Waals surface area contributed by atoms with Crippen LogP contribution in [0, 0.1) is 0 Å². The number of rotatable bonds is 6. The molecule has 37 heavy (non-hydrogen) atoms. The van der Waals surface area contributed by atoms with Crippen molar-refractivity contribution in [3.8, 4) is 22.3 Å². The summed E-state index contributed by atoms with van der Waals surface area (Å²) in [4.78, 5) is 2.46. The van der Waals surface area contributed by atoms with Crippen LogP contribution in [0.4, 0.5) is 11.4 Å². The fourth-order valence-corrected chi connectivity index (χ4v) is 5.07. The van der Waals surface area contributed by atoms with Gasteiger partial charge in [-0.3, -0.25) is 0 Å². The monoisotopic (exact) mass is 475 g/mol. The lowest BCUT2D eigenvalue weighted by Crippen LogP contribution is -2.30. The van der Waals surface area contributed by atoms with E-state index in [-0.39, 0.29) is 6.04 Å². The second kappa shape index (κ2) is 10.6. The van der Waals surface area contributed by atoms with Crippen LogP contribution in [-0.2, 0) is 0 Å². The van der Waals surface area contributed by atoms with Crippen molar-refractivity contribution in [3.63, 3.8) is 0 Å². The summed E-state index contributed by atoms with van der Waals surface area (Å²) in [7, 11) is 0. The van der Waals surface area contributed by atoms with Crippen LogP contribution in [0.3, 0.4) is 0 Å². The van der Waals surface area contributed by atoms with Crippen molar-refractivity contribution in [1.82, 2.24) is 0 Å². The normalized spacial score (nSPS) is 14.7. The van der Waals surface area contributed by atoms with Crippen LogP contribution >= 0.6 is 0 Å². The lowest BCUT2D eigenvalue weighted by molar-refractivity contribution is 0.787. The van der Waals surface area contributed by atoms with E-state index in [4.69, 9.17) is 0 Å². The van der Waals surface area contributed by atoms with Crippen molar-refractivity contribution >= 4 is 16.9 Å². The summed E-state index contributed by atoms with van der Waals surface area (Å²) in [5.74, 6) is 0. The molecule has 1 atom stereocenters. The Bertz CT molecular complexity index is 1410. The molecule has 0 amide bonds. The van der Waals surface area contributed by atoms with Crippen LogP contribution in [0.2, 0.25) is 0 Å². The van der Waals surface area contributed by atoms with E-state index in [1.165, 1.54) is 44.8 Å². The molecule has 178 valence electrons. The van der Waals surface area contributed by atoms with Gasteiger partial charge in [0.2, 0.25) is 0 Å². The van der Waals surface area contributed by atoms with E-state index in [0.29, 0.717) is 0 Å². The molecule has 0 radical (unpaired) electrons. The molecule has 1 aliphatic rings. The minimum Gasteiger partial charge on any atom is -0.334 e. The summed E-state index contributed by atoms with van der Waals surface area (Å²) in [6, 6.07) is 49.9. The third-order valence-corrected chi connectivity index (χ3v) is 7.02. The number of nitrogens with zero attached hydrogens (tertiary/aromatic N) is 1. The Morgan fingerprint density at radius 1 is 0.432 bits per heavy atom. The van der Waals surface area contributed by atoms with Gasteiger partial charge in [0, 0.05) is 11.4 Å². The molecule has 0 saturated carbocycles. The first-order valence-electron chi connectivity index (χ1n) is 12.9. The van der Waals surface area contributed by atoms with Crippen LogP contribution in [0.1, 0.15) is 12.0 Å². The van der Waals surface area contributed by atoms with Crippen molar-refractivity contribution in [2.24, 2.45) is 0 Å². The Kier molecular flexibility index (Phi) is 6.51. The predicted molar refractivity (Wildman–Crippen MR) is 158 cm³/mol. The zero-order chi connectivity index (χ0) is 24.9. The largest absolute Gasteiger partial charge is 0.334 e. The van der Waals surface area contributed by atoms with Gasteiger partial charge in [0.25, 0.3) is 0 Å². The standard InChI is InChI=1S/C36H29N/c1-4-10-28(11-5-1)31-16-22-34(23-17-31)37(35-24-18-32(19-25-35)29-12-6-2-7-13-29)36-26-20-33(21-27-36)30-14-8-3-9-15-30/h1-26,36H,27H2. The molecule has 1 heteroatoms. The molecule has 1 unspecified atom stereocenters. The summed E-state index contributed by atoms with van der Waals surface area (Å²) >= 11 is 0. The summed E-state index contributed by atoms with van der Waals surface area (Å²) in [5, 5.41) is 0. The van der Waals surface area contributed by atoms with E-state index >= 15 is 0 Å². The SMILES string of the molecule is C1=CC(N(c2ccc(-c3ccccc3)cc2)c2ccc(-c3ccccc3)cc2)CC=C1c1ccccc1. The number of allylic oxidation sites excluding steroid dienone is 2. The van der Waals surface area contributed by atoms with Crippen LogP contribution in [0.25, 0.3) is 27.8 Å². The van der Waals surface area contributed by atoms with Gasteiger partial charge in [-0.1, -0.05) is 133 Å². The molecular weight excluding hydrogens is 446 g/mol. The molecule has 1 nitrogen and oxygen atoms in total. The van der Waals surface area contributed by atoms with E-state index < -0.39 is 0 Å². The molecular formula is C36H29N. The van der Waals surface area contributed by atoms with Gasteiger partial charge in [-0.25, -0.2) is 0 Å². The predicted octanol–water partition coefficient (Wildman–Crippen LogP) is 9.57. The number of benzene rings is 5. The van der Waals surface area contributed by atoms with Gasteiger partial charge in [0.15, 0.2) is 0 Å². The number of anilines is 2. The second-order valence-electron chi connectivity index (χ2n) is 9.38.